The topological polar surface area (TPSA) is 89.7 Å². The van der Waals surface area contributed by atoms with E-state index < -0.39 is 21.5 Å². The minimum absolute atomic E-state index is 0.0234. The standard InChI is InChI=1S/C11H16N2O5S/c1-7-9(8(2)18-12-7)19(15,16)13-5-6-17-10(14)11(13,3)4/h5-6H2,1-4H3. The summed E-state index contributed by atoms with van der Waals surface area (Å²) in [6.07, 6.45) is 0. The van der Waals surface area contributed by atoms with Crippen LogP contribution in [-0.2, 0) is 19.6 Å². The highest BCUT2D eigenvalue weighted by Crippen LogP contribution is 2.31. The summed E-state index contributed by atoms with van der Waals surface area (Å²) >= 11 is 0. The molecule has 0 N–H and O–H groups in total. The van der Waals surface area contributed by atoms with E-state index in [9.17, 15) is 13.2 Å². The number of hydrogen-bond donors (Lipinski definition) is 0. The minimum Gasteiger partial charge on any atom is -0.463 e. The lowest BCUT2D eigenvalue weighted by atomic mass is 10.1. The Hall–Kier alpha value is -1.41. The van der Waals surface area contributed by atoms with Gasteiger partial charge in [0.25, 0.3) is 0 Å². The third kappa shape index (κ3) is 2.04. The summed E-state index contributed by atoms with van der Waals surface area (Å²) in [5.74, 6) is -0.346. The Balaban J connectivity index is 2.54. The van der Waals surface area contributed by atoms with Crippen molar-refractivity contribution in [1.82, 2.24) is 9.46 Å². The first kappa shape index (κ1) is 14.0. The summed E-state index contributed by atoms with van der Waals surface area (Å²) in [7, 11) is -3.84. The van der Waals surface area contributed by atoms with E-state index in [1.165, 1.54) is 20.8 Å². The zero-order chi connectivity index (χ0) is 14.4. The van der Waals surface area contributed by atoms with Crippen LogP contribution in [0.15, 0.2) is 9.42 Å². The van der Waals surface area contributed by atoms with Gasteiger partial charge in [-0.1, -0.05) is 5.16 Å². The summed E-state index contributed by atoms with van der Waals surface area (Å²) in [5, 5.41) is 3.65. The fraction of sp³-hybridized carbons (Fsp3) is 0.636. The fourth-order valence-corrected chi connectivity index (χ4v) is 4.17. The molecule has 1 fully saturated rings. The van der Waals surface area contributed by atoms with Gasteiger partial charge in [0.05, 0.1) is 0 Å². The molecule has 106 valence electrons. The second kappa shape index (κ2) is 4.31. The van der Waals surface area contributed by atoms with Crippen molar-refractivity contribution in [3.63, 3.8) is 0 Å². The second-order valence-electron chi connectivity index (χ2n) is 4.93. The van der Waals surface area contributed by atoms with Crippen molar-refractivity contribution in [3.05, 3.63) is 11.5 Å². The summed E-state index contributed by atoms with van der Waals surface area (Å²) < 4.78 is 36.3. The number of carbonyl (C=O) groups excluding carboxylic acids is 1. The smallest absolute Gasteiger partial charge is 0.327 e. The molecule has 0 aliphatic carbocycles. The first-order valence-electron chi connectivity index (χ1n) is 5.82. The van der Waals surface area contributed by atoms with Crippen LogP contribution in [0.25, 0.3) is 0 Å². The maximum absolute atomic E-state index is 12.7. The number of aromatic nitrogens is 1. The molecule has 2 heterocycles. The average Bonchev–Trinajstić information content (AvgIpc) is 2.62. The molecule has 1 aromatic rings. The normalized spacial score (nSPS) is 20.3. The van der Waals surface area contributed by atoms with Gasteiger partial charge in [0.2, 0.25) is 10.0 Å². The largest absolute Gasteiger partial charge is 0.463 e. The number of rotatable bonds is 2. The molecule has 0 atom stereocenters. The summed E-state index contributed by atoms with van der Waals surface area (Å²) in [6.45, 7) is 6.28. The van der Waals surface area contributed by atoms with Gasteiger partial charge in [0, 0.05) is 6.54 Å². The number of esters is 1. The van der Waals surface area contributed by atoms with E-state index in [0.29, 0.717) is 0 Å². The first-order valence-corrected chi connectivity index (χ1v) is 7.26. The quantitative estimate of drug-likeness (QED) is 0.741. The van der Waals surface area contributed by atoms with Crippen LogP contribution in [0.1, 0.15) is 25.3 Å². The molecule has 2 rings (SSSR count). The predicted molar refractivity (Wildman–Crippen MR) is 64.9 cm³/mol. The van der Waals surface area contributed by atoms with E-state index in [4.69, 9.17) is 9.26 Å². The molecule has 0 bridgehead atoms. The third-order valence-electron chi connectivity index (χ3n) is 3.17. The van der Waals surface area contributed by atoms with Crippen molar-refractivity contribution in [3.8, 4) is 0 Å². The van der Waals surface area contributed by atoms with Gasteiger partial charge in [-0.3, -0.25) is 4.79 Å². The molecule has 0 amide bonds. The number of ether oxygens (including phenoxy) is 1. The van der Waals surface area contributed by atoms with Gasteiger partial charge in [-0.25, -0.2) is 8.42 Å². The van der Waals surface area contributed by atoms with E-state index >= 15 is 0 Å². The van der Waals surface area contributed by atoms with E-state index in [1.54, 1.807) is 6.92 Å². The molecule has 0 unspecified atom stereocenters. The van der Waals surface area contributed by atoms with Crippen LogP contribution in [0.4, 0.5) is 0 Å². The lowest BCUT2D eigenvalue weighted by molar-refractivity contribution is -0.160. The molecule has 8 heteroatoms. The molecule has 7 nitrogen and oxygen atoms in total. The van der Waals surface area contributed by atoms with Crippen LogP contribution in [-0.4, -0.2) is 42.5 Å². The van der Waals surface area contributed by atoms with E-state index in [2.05, 4.69) is 5.16 Å². The number of carbonyl (C=O) groups is 1. The van der Waals surface area contributed by atoms with Crippen molar-refractivity contribution in [1.29, 1.82) is 0 Å². The van der Waals surface area contributed by atoms with Crippen molar-refractivity contribution in [2.75, 3.05) is 13.2 Å². The number of aryl methyl sites for hydroxylation is 2. The minimum atomic E-state index is -3.84. The van der Waals surface area contributed by atoms with E-state index in [0.717, 1.165) is 4.31 Å². The van der Waals surface area contributed by atoms with E-state index in [-0.39, 0.29) is 29.5 Å². The van der Waals surface area contributed by atoms with Crippen LogP contribution in [0, 0.1) is 13.8 Å². The average molecular weight is 288 g/mol. The maximum atomic E-state index is 12.7. The van der Waals surface area contributed by atoms with E-state index in [1.807, 2.05) is 0 Å². The lowest BCUT2D eigenvalue weighted by Gasteiger charge is -2.38. The zero-order valence-electron chi connectivity index (χ0n) is 11.3. The van der Waals surface area contributed by atoms with Crippen LogP contribution in [0.3, 0.4) is 0 Å². The number of sulfonamides is 1. The van der Waals surface area contributed by atoms with Crippen molar-refractivity contribution in [2.24, 2.45) is 0 Å². The highest BCUT2D eigenvalue weighted by atomic mass is 32.2. The number of cyclic esters (lactones) is 1. The van der Waals surface area contributed by atoms with Gasteiger partial charge in [-0.05, 0) is 27.7 Å². The molecule has 0 saturated carbocycles. The van der Waals surface area contributed by atoms with Crippen LogP contribution >= 0.6 is 0 Å². The third-order valence-corrected chi connectivity index (χ3v) is 5.48. The van der Waals surface area contributed by atoms with Gasteiger partial charge >= 0.3 is 5.97 Å². The van der Waals surface area contributed by atoms with Gasteiger partial charge in [0.1, 0.15) is 22.7 Å². The fourth-order valence-electron chi connectivity index (χ4n) is 2.15. The van der Waals surface area contributed by atoms with Gasteiger partial charge in [-0.15, -0.1) is 0 Å². The summed E-state index contributed by atoms with van der Waals surface area (Å²) in [4.78, 5) is 11.8. The van der Waals surface area contributed by atoms with Crippen molar-refractivity contribution < 1.29 is 22.5 Å². The Bertz CT molecular complexity index is 598. The summed E-state index contributed by atoms with van der Waals surface area (Å²) in [5.41, 5.74) is -0.958. The number of nitrogens with zero attached hydrogens (tertiary/aromatic N) is 2. The second-order valence-corrected chi connectivity index (χ2v) is 6.72. The van der Waals surface area contributed by atoms with Crippen LogP contribution < -0.4 is 0 Å². The lowest BCUT2D eigenvalue weighted by Crippen LogP contribution is -2.58. The SMILES string of the molecule is Cc1noc(C)c1S(=O)(=O)N1CCOC(=O)C1(C)C. The molecule has 1 aromatic heterocycles. The predicted octanol–water partition coefficient (Wildman–Crippen LogP) is 0.618. The van der Waals surface area contributed by atoms with Crippen LogP contribution in [0.5, 0.6) is 0 Å². The van der Waals surface area contributed by atoms with Gasteiger partial charge in [-0.2, -0.15) is 4.31 Å². The Labute approximate surface area is 111 Å². The Morgan fingerprint density at radius 2 is 1.95 bits per heavy atom. The molecule has 1 saturated heterocycles. The van der Waals surface area contributed by atoms with Crippen molar-refractivity contribution in [2.45, 2.75) is 38.1 Å². The molecule has 0 radical (unpaired) electrons. The molecule has 19 heavy (non-hydrogen) atoms. The Kier molecular flexibility index (Phi) is 3.18. The Morgan fingerprint density at radius 3 is 2.47 bits per heavy atom. The first-order chi connectivity index (χ1) is 8.69. The molecular formula is C11H16N2O5S. The number of morpholine rings is 1. The zero-order valence-corrected chi connectivity index (χ0v) is 12.1. The molecule has 0 aromatic carbocycles. The monoisotopic (exact) mass is 288 g/mol. The summed E-state index contributed by atoms with van der Waals surface area (Å²) in [6, 6.07) is 0. The van der Waals surface area contributed by atoms with Crippen LogP contribution in [0.2, 0.25) is 0 Å². The highest BCUT2D eigenvalue weighted by Gasteiger charge is 2.48. The molecule has 0 spiro atoms. The van der Waals surface area contributed by atoms with Gasteiger partial charge < -0.3 is 9.26 Å². The van der Waals surface area contributed by atoms with Crippen molar-refractivity contribution >= 4 is 16.0 Å². The number of hydrogen-bond acceptors (Lipinski definition) is 6. The van der Waals surface area contributed by atoms with Gasteiger partial charge in [0.15, 0.2) is 5.76 Å². The highest BCUT2D eigenvalue weighted by molar-refractivity contribution is 7.89. The maximum Gasteiger partial charge on any atom is 0.327 e. The molecule has 1 aliphatic heterocycles. The Morgan fingerprint density at radius 1 is 1.32 bits per heavy atom. The molecular weight excluding hydrogens is 272 g/mol. The molecule has 1 aliphatic rings.